The van der Waals surface area contributed by atoms with Gasteiger partial charge in [-0.1, -0.05) is 11.6 Å². The maximum absolute atomic E-state index is 11.6. The molecule has 0 heterocycles. The van der Waals surface area contributed by atoms with E-state index in [0.717, 1.165) is 0 Å². The lowest BCUT2D eigenvalue weighted by atomic mass is 10.2. The van der Waals surface area contributed by atoms with Crippen LogP contribution in [0.25, 0.3) is 0 Å². The van der Waals surface area contributed by atoms with Gasteiger partial charge in [-0.3, -0.25) is 0 Å². The number of carbonyl (C=O) groups excluding carboxylic acids is 1. The second kappa shape index (κ2) is 5.72. The van der Waals surface area contributed by atoms with E-state index in [1.165, 1.54) is 6.07 Å². The van der Waals surface area contributed by atoms with Crippen LogP contribution in [0.4, 0.5) is 5.69 Å². The fourth-order valence-corrected chi connectivity index (χ4v) is 1.18. The number of halogens is 1. The molecular weight excluding hydrogens is 230 g/mol. The van der Waals surface area contributed by atoms with Crippen LogP contribution in [0.1, 0.15) is 17.3 Å². The van der Waals surface area contributed by atoms with Crippen molar-refractivity contribution in [3.8, 4) is 0 Å². The molecule has 5 heteroatoms. The Hall–Kier alpha value is -1.26. The van der Waals surface area contributed by atoms with Gasteiger partial charge < -0.3 is 15.2 Å². The van der Waals surface area contributed by atoms with Crippen LogP contribution in [0.3, 0.4) is 0 Å². The van der Waals surface area contributed by atoms with Crippen LogP contribution in [0.15, 0.2) is 18.2 Å². The number of nitrogens with two attached hydrogens (primary N) is 1. The van der Waals surface area contributed by atoms with Crippen LogP contribution in [0.5, 0.6) is 0 Å². The third kappa shape index (κ3) is 3.40. The molecular formula is C11H14ClNO3. The second-order valence-electron chi connectivity index (χ2n) is 3.38. The molecule has 0 spiro atoms. The highest BCUT2D eigenvalue weighted by atomic mass is 35.5. The average molecular weight is 244 g/mol. The van der Waals surface area contributed by atoms with Gasteiger partial charge in [-0.15, -0.1) is 0 Å². The third-order valence-electron chi connectivity index (χ3n) is 2.09. The first-order valence-corrected chi connectivity index (χ1v) is 5.17. The van der Waals surface area contributed by atoms with Crippen LogP contribution in [0, 0.1) is 0 Å². The van der Waals surface area contributed by atoms with Crippen molar-refractivity contribution in [1.82, 2.24) is 0 Å². The van der Waals surface area contributed by atoms with Crippen molar-refractivity contribution >= 4 is 23.3 Å². The van der Waals surface area contributed by atoms with Gasteiger partial charge in [0.2, 0.25) is 0 Å². The van der Waals surface area contributed by atoms with Gasteiger partial charge in [0.15, 0.2) is 0 Å². The molecule has 0 aliphatic rings. The van der Waals surface area contributed by atoms with E-state index in [4.69, 9.17) is 26.8 Å². The predicted octanol–water partition coefficient (Wildman–Crippen LogP) is 2.11. The quantitative estimate of drug-likeness (QED) is 0.650. The number of benzene rings is 1. The SMILES string of the molecule is COC(C)COC(=O)c1ccc(N)c(Cl)c1. The monoisotopic (exact) mass is 243 g/mol. The van der Waals surface area contributed by atoms with Crippen LogP contribution in [0.2, 0.25) is 5.02 Å². The largest absolute Gasteiger partial charge is 0.459 e. The average Bonchev–Trinajstić information content (AvgIpc) is 2.29. The zero-order valence-electron chi connectivity index (χ0n) is 9.20. The minimum Gasteiger partial charge on any atom is -0.459 e. The van der Waals surface area contributed by atoms with Gasteiger partial charge in [-0.25, -0.2) is 4.79 Å². The van der Waals surface area contributed by atoms with Crippen LogP contribution in [-0.2, 0) is 9.47 Å². The molecule has 1 rings (SSSR count). The van der Waals surface area contributed by atoms with Gasteiger partial charge in [0.05, 0.1) is 22.4 Å². The first kappa shape index (κ1) is 12.8. The summed E-state index contributed by atoms with van der Waals surface area (Å²) in [7, 11) is 1.55. The highest BCUT2D eigenvalue weighted by Crippen LogP contribution is 2.20. The molecule has 0 fully saturated rings. The molecule has 2 N–H and O–H groups in total. The number of hydrogen-bond acceptors (Lipinski definition) is 4. The van der Waals surface area contributed by atoms with Crippen molar-refractivity contribution < 1.29 is 14.3 Å². The van der Waals surface area contributed by atoms with Crippen molar-refractivity contribution in [3.63, 3.8) is 0 Å². The Morgan fingerprint density at radius 3 is 2.81 bits per heavy atom. The zero-order valence-corrected chi connectivity index (χ0v) is 9.95. The Labute approximate surface area is 99.3 Å². The van der Waals surface area contributed by atoms with Gasteiger partial charge >= 0.3 is 5.97 Å². The number of ether oxygens (including phenoxy) is 2. The van der Waals surface area contributed by atoms with Crippen molar-refractivity contribution in [2.45, 2.75) is 13.0 Å². The summed E-state index contributed by atoms with van der Waals surface area (Å²) in [5.74, 6) is -0.439. The smallest absolute Gasteiger partial charge is 0.338 e. The highest BCUT2D eigenvalue weighted by molar-refractivity contribution is 6.33. The number of nitrogen functional groups attached to an aromatic ring is 1. The fourth-order valence-electron chi connectivity index (χ4n) is 0.999. The van der Waals surface area contributed by atoms with E-state index in [1.807, 2.05) is 6.92 Å². The molecule has 88 valence electrons. The van der Waals surface area contributed by atoms with E-state index in [1.54, 1.807) is 19.2 Å². The molecule has 1 unspecified atom stereocenters. The van der Waals surface area contributed by atoms with Crippen LogP contribution >= 0.6 is 11.6 Å². The molecule has 0 aliphatic carbocycles. The number of methoxy groups -OCH3 is 1. The number of hydrogen-bond donors (Lipinski definition) is 1. The molecule has 0 aromatic heterocycles. The van der Waals surface area contributed by atoms with Gasteiger partial charge in [0.25, 0.3) is 0 Å². The molecule has 4 nitrogen and oxygen atoms in total. The first-order chi connectivity index (χ1) is 7.54. The standard InChI is InChI=1S/C11H14ClNO3/c1-7(15-2)6-16-11(14)8-3-4-10(13)9(12)5-8/h3-5,7H,6,13H2,1-2H3. The summed E-state index contributed by atoms with van der Waals surface area (Å²) in [6.45, 7) is 2.01. The third-order valence-corrected chi connectivity index (χ3v) is 2.41. The molecule has 0 saturated heterocycles. The van der Waals surface area contributed by atoms with E-state index in [9.17, 15) is 4.79 Å². The Morgan fingerprint density at radius 1 is 1.56 bits per heavy atom. The summed E-state index contributed by atoms with van der Waals surface area (Å²) < 4.78 is 9.97. The van der Waals surface area contributed by atoms with E-state index in [0.29, 0.717) is 16.3 Å². The summed E-state index contributed by atoms with van der Waals surface area (Å²) in [4.78, 5) is 11.6. The van der Waals surface area contributed by atoms with Gasteiger partial charge in [0.1, 0.15) is 6.61 Å². The molecule has 1 atom stereocenters. The maximum Gasteiger partial charge on any atom is 0.338 e. The number of anilines is 1. The summed E-state index contributed by atoms with van der Waals surface area (Å²) in [6, 6.07) is 4.62. The van der Waals surface area contributed by atoms with Crippen molar-refractivity contribution in [2.24, 2.45) is 0 Å². The van der Waals surface area contributed by atoms with E-state index < -0.39 is 5.97 Å². The molecule has 1 aromatic carbocycles. The zero-order chi connectivity index (χ0) is 12.1. The normalized spacial score (nSPS) is 12.2. The molecule has 0 radical (unpaired) electrons. The van der Waals surface area contributed by atoms with Crippen molar-refractivity contribution in [3.05, 3.63) is 28.8 Å². The molecule has 16 heavy (non-hydrogen) atoms. The predicted molar refractivity (Wildman–Crippen MR) is 62.6 cm³/mol. The molecule has 0 aliphatic heterocycles. The van der Waals surface area contributed by atoms with Gasteiger partial charge in [-0.05, 0) is 25.1 Å². The van der Waals surface area contributed by atoms with E-state index in [2.05, 4.69) is 0 Å². The number of rotatable bonds is 4. The summed E-state index contributed by atoms with van der Waals surface area (Å²) in [5, 5.41) is 0.342. The molecule has 0 bridgehead atoms. The van der Waals surface area contributed by atoms with Crippen LogP contribution in [-0.4, -0.2) is 25.8 Å². The Morgan fingerprint density at radius 2 is 2.25 bits per heavy atom. The van der Waals surface area contributed by atoms with Gasteiger partial charge in [-0.2, -0.15) is 0 Å². The Kier molecular flexibility index (Phi) is 4.58. The van der Waals surface area contributed by atoms with Crippen molar-refractivity contribution in [2.75, 3.05) is 19.5 Å². The Bertz CT molecular complexity index is 381. The first-order valence-electron chi connectivity index (χ1n) is 4.79. The topological polar surface area (TPSA) is 61.5 Å². The second-order valence-corrected chi connectivity index (χ2v) is 3.79. The van der Waals surface area contributed by atoms with Crippen molar-refractivity contribution in [1.29, 1.82) is 0 Å². The lowest BCUT2D eigenvalue weighted by Gasteiger charge is -2.10. The summed E-state index contributed by atoms with van der Waals surface area (Å²) in [6.07, 6.45) is -0.131. The number of carbonyl (C=O) groups is 1. The molecule has 0 amide bonds. The van der Waals surface area contributed by atoms with E-state index >= 15 is 0 Å². The maximum atomic E-state index is 11.6. The summed E-state index contributed by atoms with van der Waals surface area (Å²) >= 11 is 5.79. The van der Waals surface area contributed by atoms with E-state index in [-0.39, 0.29) is 12.7 Å². The molecule has 1 aromatic rings. The highest BCUT2D eigenvalue weighted by Gasteiger charge is 2.10. The fraction of sp³-hybridized carbons (Fsp3) is 0.364. The van der Waals surface area contributed by atoms with Gasteiger partial charge in [0, 0.05) is 7.11 Å². The minimum absolute atomic E-state index is 0.131. The summed E-state index contributed by atoms with van der Waals surface area (Å²) in [5.41, 5.74) is 6.34. The lowest BCUT2D eigenvalue weighted by molar-refractivity contribution is 0.0169. The number of esters is 1. The van der Waals surface area contributed by atoms with Crippen LogP contribution < -0.4 is 5.73 Å². The Balaban J connectivity index is 2.63. The molecule has 0 saturated carbocycles. The minimum atomic E-state index is -0.439. The lowest BCUT2D eigenvalue weighted by Crippen LogP contribution is -2.17.